The van der Waals surface area contributed by atoms with Crippen LogP contribution in [0, 0.1) is 0 Å². The third-order valence-corrected chi connectivity index (χ3v) is 3.24. The molecule has 1 aromatic carbocycles. The van der Waals surface area contributed by atoms with Gasteiger partial charge in [0.2, 0.25) is 0 Å². The van der Waals surface area contributed by atoms with Gasteiger partial charge in [-0.15, -0.1) is 0 Å². The van der Waals surface area contributed by atoms with Crippen LogP contribution in [0.5, 0.6) is 0 Å². The minimum absolute atomic E-state index is 0.187. The number of aromatic amines is 1. The SMILES string of the molecule is CC(NC(=S)NCCc1ccccc1)c1ccc[nH]1. The summed E-state index contributed by atoms with van der Waals surface area (Å²) in [5.41, 5.74) is 2.45. The van der Waals surface area contributed by atoms with Gasteiger partial charge in [0.25, 0.3) is 0 Å². The number of nitrogens with one attached hydrogen (secondary N) is 3. The number of hydrogen-bond acceptors (Lipinski definition) is 1. The Bertz CT molecular complexity index is 493. The zero-order valence-corrected chi connectivity index (χ0v) is 11.8. The third-order valence-electron chi connectivity index (χ3n) is 2.98. The van der Waals surface area contributed by atoms with Gasteiger partial charge in [0.1, 0.15) is 0 Å². The lowest BCUT2D eigenvalue weighted by molar-refractivity contribution is 0.680. The van der Waals surface area contributed by atoms with E-state index in [2.05, 4.69) is 46.8 Å². The Morgan fingerprint density at radius 3 is 2.68 bits per heavy atom. The molecule has 2 rings (SSSR count). The van der Waals surface area contributed by atoms with Crippen LogP contribution >= 0.6 is 12.2 Å². The van der Waals surface area contributed by atoms with E-state index in [1.807, 2.05) is 24.4 Å². The monoisotopic (exact) mass is 273 g/mol. The molecule has 0 fully saturated rings. The molecule has 0 radical (unpaired) electrons. The first-order valence-corrected chi connectivity index (χ1v) is 6.88. The zero-order valence-electron chi connectivity index (χ0n) is 11.0. The molecule has 2 aromatic rings. The van der Waals surface area contributed by atoms with Crippen LogP contribution in [0.1, 0.15) is 24.2 Å². The van der Waals surface area contributed by atoms with Gasteiger partial charge in [-0.1, -0.05) is 30.3 Å². The summed E-state index contributed by atoms with van der Waals surface area (Å²) in [5.74, 6) is 0. The maximum atomic E-state index is 5.28. The molecular weight excluding hydrogens is 254 g/mol. The summed E-state index contributed by atoms with van der Waals surface area (Å²) >= 11 is 5.28. The van der Waals surface area contributed by atoms with Crippen molar-refractivity contribution in [1.82, 2.24) is 15.6 Å². The average molecular weight is 273 g/mol. The van der Waals surface area contributed by atoms with E-state index in [-0.39, 0.29) is 6.04 Å². The molecule has 19 heavy (non-hydrogen) atoms. The van der Waals surface area contributed by atoms with E-state index in [1.165, 1.54) is 5.56 Å². The predicted molar refractivity (Wildman–Crippen MR) is 83.1 cm³/mol. The van der Waals surface area contributed by atoms with Crippen LogP contribution in [0.4, 0.5) is 0 Å². The van der Waals surface area contributed by atoms with Gasteiger partial charge in [0.15, 0.2) is 5.11 Å². The Balaban J connectivity index is 1.70. The number of thiocarbonyl (C=S) groups is 1. The van der Waals surface area contributed by atoms with Crippen molar-refractivity contribution in [2.24, 2.45) is 0 Å². The topological polar surface area (TPSA) is 39.8 Å². The minimum Gasteiger partial charge on any atom is -0.363 e. The maximum absolute atomic E-state index is 5.28. The van der Waals surface area contributed by atoms with Crippen molar-refractivity contribution < 1.29 is 0 Å². The highest BCUT2D eigenvalue weighted by molar-refractivity contribution is 7.80. The smallest absolute Gasteiger partial charge is 0.166 e. The normalized spacial score (nSPS) is 11.8. The minimum atomic E-state index is 0.187. The summed E-state index contributed by atoms with van der Waals surface area (Å²) in [5, 5.41) is 7.18. The van der Waals surface area contributed by atoms with Gasteiger partial charge >= 0.3 is 0 Å². The highest BCUT2D eigenvalue weighted by atomic mass is 32.1. The Morgan fingerprint density at radius 2 is 2.00 bits per heavy atom. The Hall–Kier alpha value is -1.81. The van der Waals surface area contributed by atoms with Crippen LogP contribution in [0.25, 0.3) is 0 Å². The van der Waals surface area contributed by atoms with Gasteiger partial charge in [-0.05, 0) is 43.3 Å². The molecule has 1 atom stereocenters. The van der Waals surface area contributed by atoms with E-state index in [0.717, 1.165) is 18.7 Å². The fourth-order valence-corrected chi connectivity index (χ4v) is 2.18. The summed E-state index contributed by atoms with van der Waals surface area (Å²) in [4.78, 5) is 3.17. The molecule has 0 saturated carbocycles. The second kappa shape index (κ2) is 6.95. The second-order valence-electron chi connectivity index (χ2n) is 4.48. The van der Waals surface area contributed by atoms with Crippen molar-refractivity contribution in [2.75, 3.05) is 6.54 Å². The fraction of sp³-hybridized carbons (Fsp3) is 0.267. The molecule has 100 valence electrons. The first-order valence-electron chi connectivity index (χ1n) is 6.47. The third kappa shape index (κ3) is 4.41. The molecule has 0 spiro atoms. The van der Waals surface area contributed by atoms with E-state index in [4.69, 9.17) is 12.2 Å². The molecule has 1 heterocycles. The van der Waals surface area contributed by atoms with Gasteiger partial charge in [-0.25, -0.2) is 0 Å². The highest BCUT2D eigenvalue weighted by Crippen LogP contribution is 2.08. The quantitative estimate of drug-likeness (QED) is 0.734. The van der Waals surface area contributed by atoms with Crippen molar-refractivity contribution in [3.63, 3.8) is 0 Å². The van der Waals surface area contributed by atoms with Crippen molar-refractivity contribution in [2.45, 2.75) is 19.4 Å². The molecule has 0 bridgehead atoms. The molecule has 0 aliphatic carbocycles. The van der Waals surface area contributed by atoms with Crippen molar-refractivity contribution in [1.29, 1.82) is 0 Å². The van der Waals surface area contributed by atoms with Gasteiger partial charge in [0.05, 0.1) is 6.04 Å². The Labute approximate surface area is 119 Å². The van der Waals surface area contributed by atoms with Crippen molar-refractivity contribution >= 4 is 17.3 Å². The number of aromatic nitrogens is 1. The van der Waals surface area contributed by atoms with Crippen LogP contribution in [0.2, 0.25) is 0 Å². The molecule has 0 aliphatic rings. The molecule has 3 N–H and O–H groups in total. The van der Waals surface area contributed by atoms with Crippen molar-refractivity contribution in [3.8, 4) is 0 Å². The lowest BCUT2D eigenvalue weighted by Crippen LogP contribution is -2.37. The molecule has 0 aliphatic heterocycles. The maximum Gasteiger partial charge on any atom is 0.166 e. The van der Waals surface area contributed by atoms with Crippen LogP contribution in [0.15, 0.2) is 48.7 Å². The predicted octanol–water partition coefficient (Wildman–Crippen LogP) is 2.78. The number of benzene rings is 1. The van der Waals surface area contributed by atoms with Crippen LogP contribution in [-0.2, 0) is 6.42 Å². The Morgan fingerprint density at radius 1 is 1.21 bits per heavy atom. The number of hydrogen-bond donors (Lipinski definition) is 3. The lowest BCUT2D eigenvalue weighted by atomic mass is 10.1. The van der Waals surface area contributed by atoms with Gasteiger partial charge in [-0.3, -0.25) is 0 Å². The molecular formula is C15H19N3S. The number of rotatable bonds is 5. The van der Waals surface area contributed by atoms with Crippen LogP contribution in [-0.4, -0.2) is 16.6 Å². The Kier molecular flexibility index (Phi) is 4.98. The fourth-order valence-electron chi connectivity index (χ4n) is 1.90. The number of H-pyrrole nitrogens is 1. The zero-order chi connectivity index (χ0) is 13.5. The molecule has 0 saturated heterocycles. The molecule has 1 aromatic heterocycles. The summed E-state index contributed by atoms with van der Waals surface area (Å²) in [6.07, 6.45) is 2.89. The highest BCUT2D eigenvalue weighted by Gasteiger charge is 2.06. The largest absolute Gasteiger partial charge is 0.363 e. The van der Waals surface area contributed by atoms with Gasteiger partial charge < -0.3 is 15.6 Å². The van der Waals surface area contributed by atoms with E-state index >= 15 is 0 Å². The van der Waals surface area contributed by atoms with E-state index in [9.17, 15) is 0 Å². The van der Waals surface area contributed by atoms with Gasteiger partial charge in [-0.2, -0.15) is 0 Å². The first kappa shape index (κ1) is 13.6. The molecule has 1 unspecified atom stereocenters. The second-order valence-corrected chi connectivity index (χ2v) is 4.89. The average Bonchev–Trinajstić information content (AvgIpc) is 2.94. The van der Waals surface area contributed by atoms with E-state index in [0.29, 0.717) is 5.11 Å². The van der Waals surface area contributed by atoms with Crippen LogP contribution in [0.3, 0.4) is 0 Å². The van der Waals surface area contributed by atoms with Crippen molar-refractivity contribution in [3.05, 3.63) is 59.9 Å². The molecule has 3 nitrogen and oxygen atoms in total. The molecule has 0 amide bonds. The molecule has 4 heteroatoms. The standard InChI is InChI=1S/C15H19N3S/c1-12(14-8-5-10-16-14)18-15(19)17-11-9-13-6-3-2-4-7-13/h2-8,10,12,16H,9,11H2,1H3,(H2,17,18,19). The van der Waals surface area contributed by atoms with Crippen LogP contribution < -0.4 is 10.6 Å². The summed E-state index contributed by atoms with van der Waals surface area (Å²) < 4.78 is 0. The first-order chi connectivity index (χ1) is 9.25. The summed E-state index contributed by atoms with van der Waals surface area (Å²) in [7, 11) is 0. The van der Waals surface area contributed by atoms with E-state index < -0.39 is 0 Å². The summed E-state index contributed by atoms with van der Waals surface area (Å²) in [6.45, 7) is 2.92. The lowest BCUT2D eigenvalue weighted by Gasteiger charge is -2.16. The van der Waals surface area contributed by atoms with Gasteiger partial charge in [0, 0.05) is 18.4 Å². The summed E-state index contributed by atoms with van der Waals surface area (Å²) in [6, 6.07) is 14.6. The van der Waals surface area contributed by atoms with E-state index in [1.54, 1.807) is 0 Å².